The van der Waals surface area contributed by atoms with Gasteiger partial charge in [-0.1, -0.05) is 0 Å². The number of aryl methyl sites for hydroxylation is 1. The number of thiazole rings is 1. The zero-order valence-electron chi connectivity index (χ0n) is 8.04. The lowest BCUT2D eigenvalue weighted by molar-refractivity contribution is -0.126. The molecule has 4 nitrogen and oxygen atoms in total. The second-order valence-electron chi connectivity index (χ2n) is 3.43. The summed E-state index contributed by atoms with van der Waals surface area (Å²) in [6.45, 7) is 4.13. The van der Waals surface area contributed by atoms with E-state index in [9.17, 15) is 4.79 Å². The summed E-state index contributed by atoms with van der Waals surface area (Å²) in [4.78, 5) is 15.7. The summed E-state index contributed by atoms with van der Waals surface area (Å²) in [5.74, 6) is 0.295. The molecule has 0 saturated carbocycles. The van der Waals surface area contributed by atoms with Crippen molar-refractivity contribution < 1.29 is 4.79 Å². The Balaban J connectivity index is 1.79. The summed E-state index contributed by atoms with van der Waals surface area (Å²) in [6, 6.07) is 0. The van der Waals surface area contributed by atoms with Gasteiger partial charge in [0.1, 0.15) is 0 Å². The summed E-state index contributed by atoms with van der Waals surface area (Å²) in [6.07, 6.45) is 0. The van der Waals surface area contributed by atoms with Crippen molar-refractivity contribution in [1.82, 2.24) is 15.6 Å². The van der Waals surface area contributed by atoms with Gasteiger partial charge >= 0.3 is 0 Å². The average molecular weight is 211 g/mol. The number of aromatic nitrogens is 1. The molecule has 0 spiro atoms. The van der Waals surface area contributed by atoms with Crippen LogP contribution in [0.15, 0.2) is 5.38 Å². The molecule has 1 saturated heterocycles. The van der Waals surface area contributed by atoms with Crippen LogP contribution in [0.3, 0.4) is 0 Å². The fourth-order valence-corrected chi connectivity index (χ4v) is 1.90. The first kappa shape index (κ1) is 9.61. The molecule has 1 aromatic rings. The first-order valence-electron chi connectivity index (χ1n) is 4.65. The summed E-state index contributed by atoms with van der Waals surface area (Å²) in [5, 5.41) is 8.97. The largest absolute Gasteiger partial charge is 0.350 e. The van der Waals surface area contributed by atoms with Gasteiger partial charge in [-0.25, -0.2) is 4.98 Å². The Labute approximate surface area is 86.7 Å². The molecule has 0 aromatic carbocycles. The second kappa shape index (κ2) is 4.06. The highest BCUT2D eigenvalue weighted by molar-refractivity contribution is 7.09. The average Bonchev–Trinajstić information content (AvgIpc) is 2.45. The van der Waals surface area contributed by atoms with E-state index in [1.807, 2.05) is 12.3 Å². The van der Waals surface area contributed by atoms with E-state index in [1.165, 1.54) is 0 Å². The van der Waals surface area contributed by atoms with Crippen LogP contribution in [-0.2, 0) is 11.3 Å². The highest BCUT2D eigenvalue weighted by atomic mass is 32.1. The Bertz CT molecular complexity index is 333. The molecule has 0 unspecified atom stereocenters. The van der Waals surface area contributed by atoms with E-state index in [2.05, 4.69) is 15.6 Å². The minimum Gasteiger partial charge on any atom is -0.350 e. The monoisotopic (exact) mass is 211 g/mol. The van der Waals surface area contributed by atoms with Crippen molar-refractivity contribution in [2.24, 2.45) is 5.92 Å². The van der Waals surface area contributed by atoms with Gasteiger partial charge in [-0.2, -0.15) is 0 Å². The number of hydrogen-bond donors (Lipinski definition) is 2. The summed E-state index contributed by atoms with van der Waals surface area (Å²) in [7, 11) is 0. The van der Waals surface area contributed by atoms with E-state index in [-0.39, 0.29) is 11.8 Å². The van der Waals surface area contributed by atoms with Crippen LogP contribution in [0.5, 0.6) is 0 Å². The van der Waals surface area contributed by atoms with E-state index < -0.39 is 0 Å². The fourth-order valence-electron chi connectivity index (χ4n) is 1.29. The van der Waals surface area contributed by atoms with Gasteiger partial charge in [0.05, 0.1) is 23.2 Å². The third kappa shape index (κ3) is 2.10. The molecule has 0 bridgehead atoms. The lowest BCUT2D eigenvalue weighted by atomic mass is 10.0. The second-order valence-corrected chi connectivity index (χ2v) is 4.49. The van der Waals surface area contributed by atoms with E-state index >= 15 is 0 Å². The molecule has 0 aliphatic carbocycles. The van der Waals surface area contributed by atoms with Gasteiger partial charge in [0.2, 0.25) is 5.91 Å². The van der Waals surface area contributed by atoms with Crippen molar-refractivity contribution in [2.75, 3.05) is 13.1 Å². The number of carbonyl (C=O) groups is 1. The molecule has 2 heterocycles. The lowest BCUT2D eigenvalue weighted by Gasteiger charge is -2.25. The predicted octanol–water partition coefficient (Wildman–Crippen LogP) is 0.287. The topological polar surface area (TPSA) is 54.0 Å². The standard InChI is InChI=1S/C9H13N3OS/c1-6-12-8(5-14-6)4-11-9(13)7-2-10-3-7/h5,7,10H,2-4H2,1H3,(H,11,13). The quantitative estimate of drug-likeness (QED) is 0.755. The Kier molecular flexibility index (Phi) is 2.79. The Morgan fingerprint density at radius 3 is 3.07 bits per heavy atom. The van der Waals surface area contributed by atoms with Gasteiger partial charge in [0, 0.05) is 18.5 Å². The maximum atomic E-state index is 11.4. The lowest BCUT2D eigenvalue weighted by Crippen LogP contribution is -2.50. The van der Waals surface area contributed by atoms with Crippen LogP contribution in [-0.4, -0.2) is 24.0 Å². The number of amides is 1. The first-order valence-corrected chi connectivity index (χ1v) is 5.53. The van der Waals surface area contributed by atoms with Crippen molar-refractivity contribution in [3.63, 3.8) is 0 Å². The van der Waals surface area contributed by atoms with Crippen LogP contribution in [0.4, 0.5) is 0 Å². The smallest absolute Gasteiger partial charge is 0.226 e. The zero-order chi connectivity index (χ0) is 9.97. The molecule has 76 valence electrons. The Morgan fingerprint density at radius 2 is 2.57 bits per heavy atom. The van der Waals surface area contributed by atoms with Gasteiger partial charge in [-0.3, -0.25) is 4.79 Å². The molecule has 1 amide bonds. The van der Waals surface area contributed by atoms with E-state index in [0.717, 1.165) is 23.8 Å². The molecule has 1 fully saturated rings. The normalized spacial score (nSPS) is 16.4. The Hall–Kier alpha value is -0.940. The van der Waals surface area contributed by atoms with Gasteiger partial charge in [-0.05, 0) is 6.92 Å². The van der Waals surface area contributed by atoms with Crippen molar-refractivity contribution in [1.29, 1.82) is 0 Å². The van der Waals surface area contributed by atoms with Crippen LogP contribution >= 0.6 is 11.3 Å². The van der Waals surface area contributed by atoms with Gasteiger partial charge in [0.15, 0.2) is 0 Å². The minimum absolute atomic E-state index is 0.134. The van der Waals surface area contributed by atoms with Crippen LogP contribution in [0.1, 0.15) is 10.7 Å². The van der Waals surface area contributed by atoms with E-state index in [4.69, 9.17) is 0 Å². The molecule has 14 heavy (non-hydrogen) atoms. The summed E-state index contributed by atoms with van der Waals surface area (Å²) in [5.41, 5.74) is 0.952. The number of rotatable bonds is 3. The third-order valence-corrected chi connectivity index (χ3v) is 3.08. The number of nitrogens with zero attached hydrogens (tertiary/aromatic N) is 1. The minimum atomic E-state index is 0.134. The SMILES string of the molecule is Cc1nc(CNC(=O)C2CNC2)cs1. The highest BCUT2D eigenvalue weighted by Gasteiger charge is 2.24. The fraction of sp³-hybridized carbons (Fsp3) is 0.556. The molecule has 0 atom stereocenters. The van der Waals surface area contributed by atoms with Crippen LogP contribution in [0.2, 0.25) is 0 Å². The molecular weight excluding hydrogens is 198 g/mol. The van der Waals surface area contributed by atoms with Gasteiger partial charge in [-0.15, -0.1) is 11.3 Å². The van der Waals surface area contributed by atoms with Gasteiger partial charge < -0.3 is 10.6 Å². The molecule has 2 rings (SSSR count). The predicted molar refractivity (Wildman–Crippen MR) is 55.1 cm³/mol. The Morgan fingerprint density at radius 1 is 1.79 bits per heavy atom. The number of nitrogens with one attached hydrogen (secondary N) is 2. The van der Waals surface area contributed by atoms with Crippen LogP contribution in [0.25, 0.3) is 0 Å². The van der Waals surface area contributed by atoms with Crippen molar-refractivity contribution in [3.05, 3.63) is 16.1 Å². The molecular formula is C9H13N3OS. The maximum Gasteiger partial charge on any atom is 0.226 e. The van der Waals surface area contributed by atoms with Gasteiger partial charge in [0.25, 0.3) is 0 Å². The molecule has 2 N–H and O–H groups in total. The highest BCUT2D eigenvalue weighted by Crippen LogP contribution is 2.08. The zero-order valence-corrected chi connectivity index (χ0v) is 8.86. The van der Waals surface area contributed by atoms with Crippen LogP contribution < -0.4 is 10.6 Å². The third-order valence-electron chi connectivity index (χ3n) is 2.26. The molecule has 1 aliphatic heterocycles. The molecule has 0 radical (unpaired) electrons. The van der Waals surface area contributed by atoms with Crippen molar-refractivity contribution in [3.8, 4) is 0 Å². The number of carbonyl (C=O) groups excluding carboxylic acids is 1. The van der Waals surface area contributed by atoms with Crippen LogP contribution in [0, 0.1) is 12.8 Å². The van der Waals surface area contributed by atoms with E-state index in [1.54, 1.807) is 11.3 Å². The number of hydrogen-bond acceptors (Lipinski definition) is 4. The molecule has 1 aliphatic rings. The summed E-state index contributed by atoms with van der Waals surface area (Å²) >= 11 is 1.61. The van der Waals surface area contributed by atoms with Crippen molar-refractivity contribution in [2.45, 2.75) is 13.5 Å². The summed E-state index contributed by atoms with van der Waals surface area (Å²) < 4.78 is 0. The van der Waals surface area contributed by atoms with E-state index in [0.29, 0.717) is 6.54 Å². The molecule has 1 aromatic heterocycles. The maximum absolute atomic E-state index is 11.4. The van der Waals surface area contributed by atoms with Crippen molar-refractivity contribution >= 4 is 17.2 Å². The first-order chi connectivity index (χ1) is 6.75. The molecule has 5 heteroatoms.